The van der Waals surface area contributed by atoms with E-state index in [4.69, 9.17) is 23.2 Å². The Kier molecular flexibility index (Phi) is 8.02. The number of anilines is 3. The predicted molar refractivity (Wildman–Crippen MR) is 152 cm³/mol. The highest BCUT2D eigenvalue weighted by atomic mass is 35.5. The molecule has 214 valence electrons. The van der Waals surface area contributed by atoms with Crippen molar-refractivity contribution in [3.63, 3.8) is 0 Å². The number of fused-ring (bicyclic) bond motifs is 1. The molecule has 0 bridgehead atoms. The number of carbonyl (C=O) groups excluding carboxylic acids is 1. The third-order valence-electron chi connectivity index (χ3n) is 6.54. The molecule has 1 aromatic heterocycles. The zero-order chi connectivity index (χ0) is 29.4. The highest BCUT2D eigenvalue weighted by Crippen LogP contribution is 2.33. The molecule has 41 heavy (non-hydrogen) atoms. The van der Waals surface area contributed by atoms with Crippen LogP contribution in [0.3, 0.4) is 0 Å². The van der Waals surface area contributed by atoms with Crippen molar-refractivity contribution in [2.75, 3.05) is 36.8 Å². The van der Waals surface area contributed by atoms with Gasteiger partial charge < -0.3 is 15.5 Å². The van der Waals surface area contributed by atoms with Crippen LogP contribution >= 0.6 is 23.2 Å². The maximum absolute atomic E-state index is 13.2. The van der Waals surface area contributed by atoms with Crippen molar-refractivity contribution in [3.05, 3.63) is 88.5 Å². The van der Waals surface area contributed by atoms with Crippen molar-refractivity contribution in [3.8, 4) is 0 Å². The normalized spacial score (nSPS) is 14.7. The lowest BCUT2D eigenvalue weighted by atomic mass is 10.1. The number of sulfonamides is 1. The first-order valence-electron chi connectivity index (χ1n) is 12.3. The molecule has 0 spiro atoms. The summed E-state index contributed by atoms with van der Waals surface area (Å²) in [5.74, 6) is 0. The fourth-order valence-corrected chi connectivity index (χ4v) is 6.08. The van der Waals surface area contributed by atoms with E-state index in [0.717, 1.165) is 12.1 Å². The second-order valence-electron chi connectivity index (χ2n) is 9.19. The first-order valence-corrected chi connectivity index (χ1v) is 14.5. The number of amides is 2. The third kappa shape index (κ3) is 6.35. The first kappa shape index (κ1) is 28.9. The second kappa shape index (κ2) is 11.4. The van der Waals surface area contributed by atoms with E-state index in [1.165, 1.54) is 39.7 Å². The van der Waals surface area contributed by atoms with E-state index in [-0.39, 0.29) is 42.6 Å². The average molecular weight is 624 g/mol. The van der Waals surface area contributed by atoms with Crippen molar-refractivity contribution in [1.82, 2.24) is 14.2 Å². The van der Waals surface area contributed by atoms with Crippen LogP contribution in [0.4, 0.5) is 35.0 Å². The lowest BCUT2D eigenvalue weighted by molar-refractivity contribution is -0.137. The highest BCUT2D eigenvalue weighted by molar-refractivity contribution is 7.89. The van der Waals surface area contributed by atoms with Gasteiger partial charge in [0.05, 0.1) is 26.0 Å². The van der Waals surface area contributed by atoms with Crippen LogP contribution in [-0.4, -0.2) is 54.8 Å². The van der Waals surface area contributed by atoms with Crippen molar-refractivity contribution >= 4 is 67.2 Å². The Balaban J connectivity index is 1.23. The first-order chi connectivity index (χ1) is 19.4. The van der Waals surface area contributed by atoms with Crippen LogP contribution in [0.25, 0.3) is 10.9 Å². The van der Waals surface area contributed by atoms with Gasteiger partial charge in [-0.2, -0.15) is 17.5 Å². The number of aromatic nitrogens is 1. The lowest BCUT2D eigenvalue weighted by Gasteiger charge is -2.34. The summed E-state index contributed by atoms with van der Waals surface area (Å²) in [5.41, 5.74) is 0.916. The molecule has 4 aromatic rings. The van der Waals surface area contributed by atoms with Gasteiger partial charge in [-0.3, -0.25) is 4.98 Å². The van der Waals surface area contributed by atoms with Gasteiger partial charge in [-0.05, 0) is 60.7 Å². The van der Waals surface area contributed by atoms with Crippen LogP contribution in [0.5, 0.6) is 0 Å². The van der Waals surface area contributed by atoms with Gasteiger partial charge in [0.2, 0.25) is 10.0 Å². The molecule has 8 nitrogen and oxygen atoms in total. The number of hydrogen-bond acceptors (Lipinski definition) is 5. The molecular weight excluding hydrogens is 602 g/mol. The Labute approximate surface area is 243 Å². The summed E-state index contributed by atoms with van der Waals surface area (Å²) in [4.78, 5) is 18.3. The van der Waals surface area contributed by atoms with Gasteiger partial charge in [0.15, 0.2) is 0 Å². The van der Waals surface area contributed by atoms with E-state index in [9.17, 15) is 26.4 Å². The molecule has 2 amide bonds. The zero-order valence-electron chi connectivity index (χ0n) is 21.1. The number of piperazine rings is 1. The summed E-state index contributed by atoms with van der Waals surface area (Å²) in [5, 5.41) is 6.99. The molecule has 1 aliphatic rings. The second-order valence-corrected chi connectivity index (χ2v) is 11.9. The maximum atomic E-state index is 13.2. The van der Waals surface area contributed by atoms with Gasteiger partial charge in [0, 0.05) is 54.8 Å². The molecule has 0 saturated carbocycles. The van der Waals surface area contributed by atoms with Crippen molar-refractivity contribution in [2.45, 2.75) is 11.1 Å². The molecule has 0 aliphatic carbocycles. The largest absolute Gasteiger partial charge is 0.416 e. The standard InChI is InChI=1S/C27H22Cl2F3N5O3S/c28-22-8-4-19(16-23(22)29)35-26(38)36-11-13-37(14-12-36)41(39,40)20-5-2-18(3-6-20)34-24-9-10-33-25-15-17(27(30,31)32)1-7-21(24)25/h1-10,15-16H,11-14H2,(H,33,34)(H,35,38). The molecule has 2 N–H and O–H groups in total. The molecule has 3 aromatic carbocycles. The summed E-state index contributed by atoms with van der Waals surface area (Å²) in [6, 6.07) is 15.3. The molecular formula is C27H22Cl2F3N5O3S. The van der Waals surface area contributed by atoms with Gasteiger partial charge >= 0.3 is 12.2 Å². The average Bonchev–Trinajstić information content (AvgIpc) is 2.95. The zero-order valence-corrected chi connectivity index (χ0v) is 23.4. The summed E-state index contributed by atoms with van der Waals surface area (Å²) in [6.07, 6.45) is -3.08. The number of alkyl halides is 3. The van der Waals surface area contributed by atoms with Crippen molar-refractivity contribution < 1.29 is 26.4 Å². The van der Waals surface area contributed by atoms with Crippen molar-refractivity contribution in [2.24, 2.45) is 0 Å². The molecule has 1 fully saturated rings. The summed E-state index contributed by atoms with van der Waals surface area (Å²) in [6.45, 7) is 0.606. The topological polar surface area (TPSA) is 94.6 Å². The van der Waals surface area contributed by atoms with E-state index >= 15 is 0 Å². The fourth-order valence-electron chi connectivity index (χ4n) is 4.36. The molecule has 0 radical (unpaired) electrons. The summed E-state index contributed by atoms with van der Waals surface area (Å²) < 4.78 is 67.0. The van der Waals surface area contributed by atoms with Gasteiger partial charge in [-0.1, -0.05) is 29.3 Å². The number of urea groups is 1. The Morgan fingerprint density at radius 3 is 2.20 bits per heavy atom. The SMILES string of the molecule is O=C(Nc1ccc(Cl)c(Cl)c1)N1CCN(S(=O)(=O)c2ccc(Nc3ccnc4cc(C(F)(F)F)ccc34)cc2)CC1. The van der Waals surface area contributed by atoms with Crippen LogP contribution in [0.2, 0.25) is 10.0 Å². The van der Waals surface area contributed by atoms with E-state index < -0.39 is 21.8 Å². The molecule has 2 heterocycles. The number of rotatable bonds is 5. The lowest BCUT2D eigenvalue weighted by Crippen LogP contribution is -2.51. The third-order valence-corrected chi connectivity index (χ3v) is 9.19. The van der Waals surface area contributed by atoms with Crippen LogP contribution in [-0.2, 0) is 16.2 Å². The monoisotopic (exact) mass is 623 g/mol. The number of carbonyl (C=O) groups is 1. The summed E-state index contributed by atoms with van der Waals surface area (Å²) >= 11 is 11.9. The number of halogens is 5. The van der Waals surface area contributed by atoms with Gasteiger partial charge in [-0.25, -0.2) is 13.2 Å². The Morgan fingerprint density at radius 1 is 0.854 bits per heavy atom. The number of nitrogens with one attached hydrogen (secondary N) is 2. The van der Waals surface area contributed by atoms with E-state index in [1.807, 2.05) is 0 Å². The maximum Gasteiger partial charge on any atom is 0.416 e. The van der Waals surface area contributed by atoms with Crippen LogP contribution in [0.15, 0.2) is 77.8 Å². The van der Waals surface area contributed by atoms with E-state index in [1.54, 1.807) is 30.3 Å². The van der Waals surface area contributed by atoms with Gasteiger partial charge in [0.25, 0.3) is 0 Å². The van der Waals surface area contributed by atoms with Crippen LogP contribution in [0.1, 0.15) is 5.56 Å². The smallest absolute Gasteiger partial charge is 0.355 e. The molecule has 14 heteroatoms. The number of hydrogen-bond donors (Lipinski definition) is 2. The minimum atomic E-state index is -4.48. The Hall–Kier alpha value is -3.58. The molecule has 1 saturated heterocycles. The number of benzene rings is 3. The van der Waals surface area contributed by atoms with E-state index in [2.05, 4.69) is 15.6 Å². The predicted octanol–water partition coefficient (Wildman–Crippen LogP) is 6.84. The van der Waals surface area contributed by atoms with Crippen LogP contribution < -0.4 is 10.6 Å². The number of pyridine rings is 1. The molecule has 0 atom stereocenters. The number of nitrogens with zero attached hydrogens (tertiary/aromatic N) is 3. The molecule has 0 unspecified atom stereocenters. The van der Waals surface area contributed by atoms with Crippen molar-refractivity contribution in [1.29, 1.82) is 0 Å². The van der Waals surface area contributed by atoms with Gasteiger partial charge in [-0.15, -0.1) is 0 Å². The summed E-state index contributed by atoms with van der Waals surface area (Å²) in [7, 11) is -3.82. The Morgan fingerprint density at radius 2 is 1.54 bits per heavy atom. The van der Waals surface area contributed by atoms with Crippen LogP contribution in [0, 0.1) is 0 Å². The van der Waals surface area contributed by atoms with Gasteiger partial charge in [0.1, 0.15) is 0 Å². The Bertz CT molecular complexity index is 1710. The molecule has 5 rings (SSSR count). The molecule has 1 aliphatic heterocycles. The quantitative estimate of drug-likeness (QED) is 0.254. The highest BCUT2D eigenvalue weighted by Gasteiger charge is 2.31. The fraction of sp³-hybridized carbons (Fsp3) is 0.185. The van der Waals surface area contributed by atoms with E-state index in [0.29, 0.717) is 32.5 Å². The minimum Gasteiger partial charge on any atom is -0.355 e. The minimum absolute atomic E-state index is 0.0752.